The number of halogens is 2. The summed E-state index contributed by atoms with van der Waals surface area (Å²) in [4.78, 5) is 4.10. The molecule has 0 aliphatic heterocycles. The van der Waals surface area contributed by atoms with Crippen LogP contribution in [0.3, 0.4) is 0 Å². The van der Waals surface area contributed by atoms with E-state index in [0.29, 0.717) is 17.1 Å². The largest absolute Gasteiger partial charge is 0.436 e. The zero-order chi connectivity index (χ0) is 12.7. The van der Waals surface area contributed by atoms with Crippen LogP contribution in [0.5, 0.6) is 0 Å². The Balaban J connectivity index is 2.16. The van der Waals surface area contributed by atoms with E-state index in [2.05, 4.69) is 4.98 Å². The lowest BCUT2D eigenvalue weighted by Crippen LogP contribution is -1.83. The number of nitrogens with zero attached hydrogens (tertiary/aromatic N) is 1. The number of fused-ring (bicyclic) bond motifs is 1. The fraction of sp³-hybridized carbons (Fsp3) is 0. The molecule has 3 nitrogen and oxygen atoms in total. The molecule has 1 heterocycles. The Labute approximate surface area is 101 Å². The van der Waals surface area contributed by atoms with E-state index in [1.54, 1.807) is 24.3 Å². The molecule has 0 aliphatic carbocycles. The molecule has 18 heavy (non-hydrogen) atoms. The highest BCUT2D eigenvalue weighted by Gasteiger charge is 2.11. The highest BCUT2D eigenvalue weighted by Crippen LogP contribution is 2.26. The average Bonchev–Trinajstić information content (AvgIpc) is 2.73. The Morgan fingerprint density at radius 1 is 1.00 bits per heavy atom. The van der Waals surface area contributed by atoms with Gasteiger partial charge in [-0.05, 0) is 24.3 Å². The molecule has 0 unspecified atom stereocenters. The normalized spacial score (nSPS) is 11.0. The van der Waals surface area contributed by atoms with E-state index in [0.717, 1.165) is 12.1 Å². The summed E-state index contributed by atoms with van der Waals surface area (Å²) in [6.45, 7) is 0. The van der Waals surface area contributed by atoms with E-state index in [1.807, 2.05) is 0 Å². The molecule has 0 bridgehead atoms. The van der Waals surface area contributed by atoms with Crippen LogP contribution in [-0.2, 0) is 0 Å². The lowest BCUT2D eigenvalue weighted by molar-refractivity contribution is 0.507. The Bertz CT molecular complexity index is 681. The number of hydrogen-bond donors (Lipinski definition) is 1. The summed E-state index contributed by atoms with van der Waals surface area (Å²) in [5, 5.41) is 0. The van der Waals surface area contributed by atoms with Gasteiger partial charge in [0.05, 0.1) is 0 Å². The van der Waals surface area contributed by atoms with Crippen LogP contribution in [0.15, 0.2) is 40.8 Å². The maximum absolute atomic E-state index is 13.0. The topological polar surface area (TPSA) is 52.0 Å². The van der Waals surface area contributed by atoms with Gasteiger partial charge in [0.1, 0.15) is 5.52 Å². The molecule has 0 radical (unpaired) electrons. The van der Waals surface area contributed by atoms with Crippen LogP contribution >= 0.6 is 0 Å². The van der Waals surface area contributed by atoms with Crippen molar-refractivity contribution in [3.05, 3.63) is 48.0 Å². The van der Waals surface area contributed by atoms with Gasteiger partial charge in [-0.15, -0.1) is 0 Å². The van der Waals surface area contributed by atoms with Crippen LogP contribution in [-0.4, -0.2) is 4.98 Å². The van der Waals surface area contributed by atoms with E-state index in [9.17, 15) is 8.78 Å². The van der Waals surface area contributed by atoms with Crippen molar-refractivity contribution in [3.8, 4) is 11.5 Å². The van der Waals surface area contributed by atoms with Gasteiger partial charge >= 0.3 is 0 Å². The van der Waals surface area contributed by atoms with Gasteiger partial charge in [0.15, 0.2) is 17.2 Å². The van der Waals surface area contributed by atoms with Crippen molar-refractivity contribution in [2.75, 3.05) is 5.73 Å². The molecule has 5 heteroatoms. The molecule has 0 saturated heterocycles. The van der Waals surface area contributed by atoms with Crippen molar-refractivity contribution in [2.24, 2.45) is 0 Å². The van der Waals surface area contributed by atoms with E-state index in [-0.39, 0.29) is 11.1 Å². The molecule has 90 valence electrons. The SMILES string of the molecule is Nc1ccc(-c2nc3cc(F)c(F)cc3o2)cc1. The van der Waals surface area contributed by atoms with Crippen LogP contribution < -0.4 is 5.73 Å². The Kier molecular flexibility index (Phi) is 2.26. The lowest BCUT2D eigenvalue weighted by Gasteiger charge is -1.95. The van der Waals surface area contributed by atoms with Crippen LogP contribution in [0.1, 0.15) is 0 Å². The first kappa shape index (κ1) is 10.7. The highest BCUT2D eigenvalue weighted by atomic mass is 19.2. The summed E-state index contributed by atoms with van der Waals surface area (Å²) >= 11 is 0. The summed E-state index contributed by atoms with van der Waals surface area (Å²) in [6.07, 6.45) is 0. The third-order valence-electron chi connectivity index (χ3n) is 2.59. The number of oxazole rings is 1. The third kappa shape index (κ3) is 1.69. The van der Waals surface area contributed by atoms with Gasteiger partial charge in [-0.2, -0.15) is 0 Å². The van der Waals surface area contributed by atoms with Gasteiger partial charge in [-0.1, -0.05) is 0 Å². The summed E-state index contributed by atoms with van der Waals surface area (Å²) in [6, 6.07) is 8.85. The summed E-state index contributed by atoms with van der Waals surface area (Å²) in [7, 11) is 0. The van der Waals surface area contributed by atoms with E-state index < -0.39 is 11.6 Å². The number of rotatable bonds is 1. The number of anilines is 1. The van der Waals surface area contributed by atoms with Gasteiger partial charge in [0.2, 0.25) is 5.89 Å². The third-order valence-corrected chi connectivity index (χ3v) is 2.59. The van der Waals surface area contributed by atoms with Gasteiger partial charge < -0.3 is 10.2 Å². The zero-order valence-electron chi connectivity index (χ0n) is 9.15. The molecule has 0 atom stereocenters. The van der Waals surface area contributed by atoms with Crippen molar-refractivity contribution in [1.29, 1.82) is 0 Å². The van der Waals surface area contributed by atoms with Crippen molar-refractivity contribution in [1.82, 2.24) is 4.98 Å². The smallest absolute Gasteiger partial charge is 0.227 e. The van der Waals surface area contributed by atoms with Crippen molar-refractivity contribution in [3.63, 3.8) is 0 Å². The molecular formula is C13H8F2N2O. The van der Waals surface area contributed by atoms with Crippen LogP contribution in [0, 0.1) is 11.6 Å². The van der Waals surface area contributed by atoms with E-state index in [1.165, 1.54) is 0 Å². The van der Waals surface area contributed by atoms with Crippen molar-refractivity contribution >= 4 is 16.8 Å². The number of benzene rings is 2. The molecular weight excluding hydrogens is 238 g/mol. The summed E-state index contributed by atoms with van der Waals surface area (Å²) in [5.41, 5.74) is 7.37. The maximum Gasteiger partial charge on any atom is 0.227 e. The minimum Gasteiger partial charge on any atom is -0.436 e. The number of hydrogen-bond acceptors (Lipinski definition) is 3. The second kappa shape index (κ2) is 3.80. The van der Waals surface area contributed by atoms with Crippen molar-refractivity contribution < 1.29 is 13.2 Å². The lowest BCUT2D eigenvalue weighted by atomic mass is 10.2. The molecule has 2 N–H and O–H groups in total. The first-order valence-corrected chi connectivity index (χ1v) is 5.25. The van der Waals surface area contributed by atoms with Crippen LogP contribution in [0.2, 0.25) is 0 Å². The monoisotopic (exact) mass is 246 g/mol. The highest BCUT2D eigenvalue weighted by molar-refractivity contribution is 5.76. The summed E-state index contributed by atoms with van der Waals surface area (Å²) < 4.78 is 31.4. The second-order valence-electron chi connectivity index (χ2n) is 3.88. The van der Waals surface area contributed by atoms with Crippen LogP contribution in [0.4, 0.5) is 14.5 Å². The molecule has 3 rings (SSSR count). The molecule has 2 aromatic carbocycles. The first-order chi connectivity index (χ1) is 8.63. The first-order valence-electron chi connectivity index (χ1n) is 5.25. The maximum atomic E-state index is 13.0. The fourth-order valence-electron chi connectivity index (χ4n) is 1.67. The fourth-order valence-corrected chi connectivity index (χ4v) is 1.67. The number of aromatic nitrogens is 1. The predicted molar refractivity (Wildman–Crippen MR) is 63.8 cm³/mol. The summed E-state index contributed by atoms with van der Waals surface area (Å²) in [5.74, 6) is -1.60. The molecule has 0 fully saturated rings. The standard InChI is InChI=1S/C13H8F2N2O/c14-9-5-11-12(6-10(9)15)18-13(17-11)7-1-3-8(16)4-2-7/h1-6H,16H2. The van der Waals surface area contributed by atoms with Gasteiger partial charge in [0, 0.05) is 23.4 Å². The van der Waals surface area contributed by atoms with Gasteiger partial charge in [-0.25, -0.2) is 13.8 Å². The van der Waals surface area contributed by atoms with E-state index >= 15 is 0 Å². The van der Waals surface area contributed by atoms with Gasteiger partial charge in [0.25, 0.3) is 0 Å². The van der Waals surface area contributed by atoms with Crippen LogP contribution in [0.25, 0.3) is 22.6 Å². The quantitative estimate of drug-likeness (QED) is 0.670. The minimum atomic E-state index is -0.956. The number of nitrogens with two attached hydrogens (primary N) is 1. The van der Waals surface area contributed by atoms with E-state index in [4.69, 9.17) is 10.2 Å². The molecule has 1 aromatic heterocycles. The molecule has 0 spiro atoms. The molecule has 0 saturated carbocycles. The Morgan fingerprint density at radius 2 is 1.67 bits per heavy atom. The Morgan fingerprint density at radius 3 is 2.39 bits per heavy atom. The second-order valence-corrected chi connectivity index (χ2v) is 3.88. The Hall–Kier alpha value is -2.43. The molecule has 3 aromatic rings. The average molecular weight is 246 g/mol. The minimum absolute atomic E-state index is 0.209. The molecule has 0 aliphatic rings. The van der Waals surface area contributed by atoms with Gasteiger partial charge in [-0.3, -0.25) is 0 Å². The zero-order valence-corrected chi connectivity index (χ0v) is 9.15. The predicted octanol–water partition coefficient (Wildman–Crippen LogP) is 3.36. The molecule has 0 amide bonds. The number of nitrogen functional groups attached to an aromatic ring is 1. The van der Waals surface area contributed by atoms with Crippen molar-refractivity contribution in [2.45, 2.75) is 0 Å².